The fourth-order valence-corrected chi connectivity index (χ4v) is 4.35. The predicted molar refractivity (Wildman–Crippen MR) is 94.6 cm³/mol. The number of rotatable bonds is 3. The standard InChI is InChI=1S/C18H27N5O2/c1-13-19-6-5-16(21-13)22-7-9-23(10-8-22)17(24)20-12-18(2)11-14-3-4-15(18)25-14/h5-6,14-15H,3-4,7-12H2,1-2H3,(H,20,24)/t14-,15-,18+/m1/s1. The second-order valence-corrected chi connectivity index (χ2v) is 7.78. The number of aryl methyl sites for hydroxylation is 1. The number of carbonyl (C=O) groups is 1. The first-order valence-electron chi connectivity index (χ1n) is 9.26. The lowest BCUT2D eigenvalue weighted by molar-refractivity contribution is 0.0674. The van der Waals surface area contributed by atoms with Gasteiger partial charge >= 0.3 is 6.03 Å². The molecule has 3 atom stereocenters. The van der Waals surface area contributed by atoms with Crippen molar-refractivity contribution in [2.24, 2.45) is 5.41 Å². The van der Waals surface area contributed by atoms with E-state index in [1.165, 1.54) is 6.42 Å². The third kappa shape index (κ3) is 3.29. The van der Waals surface area contributed by atoms with Crippen LogP contribution in [0.25, 0.3) is 0 Å². The number of nitrogens with zero attached hydrogens (tertiary/aromatic N) is 4. The van der Waals surface area contributed by atoms with Crippen molar-refractivity contribution in [1.29, 1.82) is 0 Å². The van der Waals surface area contributed by atoms with Crippen LogP contribution in [0.2, 0.25) is 0 Å². The number of anilines is 1. The molecule has 7 nitrogen and oxygen atoms in total. The summed E-state index contributed by atoms with van der Waals surface area (Å²) in [6.07, 6.45) is 5.89. The topological polar surface area (TPSA) is 70.6 Å². The van der Waals surface area contributed by atoms with Crippen molar-refractivity contribution in [3.05, 3.63) is 18.1 Å². The van der Waals surface area contributed by atoms with Gasteiger partial charge in [-0.1, -0.05) is 6.92 Å². The van der Waals surface area contributed by atoms with Crippen LogP contribution in [0, 0.1) is 12.3 Å². The molecule has 1 aromatic rings. The Labute approximate surface area is 148 Å². The van der Waals surface area contributed by atoms with Gasteiger partial charge in [-0.3, -0.25) is 0 Å². The van der Waals surface area contributed by atoms with Crippen LogP contribution < -0.4 is 10.2 Å². The molecule has 3 aliphatic heterocycles. The van der Waals surface area contributed by atoms with Crippen LogP contribution in [0.4, 0.5) is 10.6 Å². The highest BCUT2D eigenvalue weighted by atomic mass is 16.5. The lowest BCUT2D eigenvalue weighted by atomic mass is 9.75. The second kappa shape index (κ2) is 6.44. The van der Waals surface area contributed by atoms with Gasteiger partial charge in [-0.15, -0.1) is 0 Å². The maximum Gasteiger partial charge on any atom is 0.317 e. The van der Waals surface area contributed by atoms with Gasteiger partial charge in [0.25, 0.3) is 0 Å². The van der Waals surface area contributed by atoms with E-state index in [9.17, 15) is 4.79 Å². The zero-order valence-electron chi connectivity index (χ0n) is 15.1. The number of amides is 2. The molecule has 1 N–H and O–H groups in total. The summed E-state index contributed by atoms with van der Waals surface area (Å²) in [6.45, 7) is 7.88. The summed E-state index contributed by atoms with van der Waals surface area (Å²) < 4.78 is 5.95. The van der Waals surface area contributed by atoms with Gasteiger partial charge < -0.3 is 19.9 Å². The minimum atomic E-state index is 0.0440. The highest BCUT2D eigenvalue weighted by Gasteiger charge is 2.49. The van der Waals surface area contributed by atoms with Crippen LogP contribution in [0.3, 0.4) is 0 Å². The van der Waals surface area contributed by atoms with Crippen LogP contribution in [0.1, 0.15) is 32.0 Å². The zero-order chi connectivity index (χ0) is 17.4. The van der Waals surface area contributed by atoms with Gasteiger partial charge in [0.1, 0.15) is 11.6 Å². The monoisotopic (exact) mass is 345 g/mol. The van der Waals surface area contributed by atoms with Crippen molar-refractivity contribution in [2.45, 2.75) is 45.3 Å². The number of carbonyl (C=O) groups excluding carboxylic acids is 1. The molecular formula is C18H27N5O2. The van der Waals surface area contributed by atoms with Crippen LogP contribution >= 0.6 is 0 Å². The molecule has 3 aliphatic rings. The molecule has 0 aromatic carbocycles. The number of fused-ring (bicyclic) bond motifs is 2. The minimum absolute atomic E-state index is 0.0440. The summed E-state index contributed by atoms with van der Waals surface area (Å²) in [6, 6.07) is 1.97. The van der Waals surface area contributed by atoms with E-state index >= 15 is 0 Å². The molecular weight excluding hydrogens is 318 g/mol. The summed E-state index contributed by atoms with van der Waals surface area (Å²) in [5, 5.41) is 3.15. The number of hydrogen-bond donors (Lipinski definition) is 1. The van der Waals surface area contributed by atoms with Crippen LogP contribution in [0.5, 0.6) is 0 Å². The molecule has 2 amide bonds. The largest absolute Gasteiger partial charge is 0.374 e. The SMILES string of the molecule is Cc1nccc(N2CCN(C(=O)NC[C@]3(C)C[C@H]4CC[C@H]3O4)CC2)n1. The molecule has 25 heavy (non-hydrogen) atoms. The highest BCUT2D eigenvalue weighted by molar-refractivity contribution is 5.74. The number of urea groups is 1. The Morgan fingerprint density at radius 1 is 1.36 bits per heavy atom. The number of piperazine rings is 1. The van der Waals surface area contributed by atoms with Crippen LogP contribution in [-0.2, 0) is 4.74 Å². The average Bonchev–Trinajstić information content (AvgIpc) is 3.21. The Morgan fingerprint density at radius 2 is 2.16 bits per heavy atom. The summed E-state index contributed by atoms with van der Waals surface area (Å²) in [5.74, 6) is 1.72. The van der Waals surface area contributed by atoms with Crippen LogP contribution in [0.15, 0.2) is 12.3 Å². The normalized spacial score (nSPS) is 31.4. The Hall–Kier alpha value is -1.89. The molecule has 0 saturated carbocycles. The maximum atomic E-state index is 12.5. The fraction of sp³-hybridized carbons (Fsp3) is 0.722. The van der Waals surface area contributed by atoms with E-state index in [1.807, 2.05) is 17.9 Å². The molecule has 4 rings (SSSR count). The average molecular weight is 345 g/mol. The van der Waals surface area contributed by atoms with Crippen molar-refractivity contribution in [3.63, 3.8) is 0 Å². The Morgan fingerprint density at radius 3 is 2.80 bits per heavy atom. The third-order valence-electron chi connectivity index (χ3n) is 5.87. The van der Waals surface area contributed by atoms with Gasteiger partial charge in [-0.05, 0) is 32.3 Å². The van der Waals surface area contributed by atoms with Crippen molar-refractivity contribution in [1.82, 2.24) is 20.2 Å². The first kappa shape index (κ1) is 16.6. The van der Waals surface area contributed by atoms with Crippen molar-refractivity contribution in [3.8, 4) is 0 Å². The summed E-state index contributed by atoms with van der Waals surface area (Å²) in [7, 11) is 0. The Balaban J connectivity index is 1.27. The lowest BCUT2D eigenvalue weighted by Crippen LogP contribution is -2.53. The Bertz CT molecular complexity index is 646. The number of hydrogen-bond acceptors (Lipinski definition) is 5. The zero-order valence-corrected chi connectivity index (χ0v) is 15.1. The number of nitrogens with one attached hydrogen (secondary N) is 1. The Kier molecular flexibility index (Phi) is 4.27. The predicted octanol–water partition coefficient (Wildman–Crippen LogP) is 1.57. The summed E-state index contributed by atoms with van der Waals surface area (Å²) in [5.41, 5.74) is 0.0961. The van der Waals surface area contributed by atoms with Crippen molar-refractivity contribution < 1.29 is 9.53 Å². The summed E-state index contributed by atoms with van der Waals surface area (Å²) in [4.78, 5) is 25.3. The number of aromatic nitrogens is 2. The molecule has 136 valence electrons. The highest BCUT2D eigenvalue weighted by Crippen LogP contribution is 2.47. The van der Waals surface area contributed by atoms with Crippen molar-refractivity contribution in [2.75, 3.05) is 37.6 Å². The third-order valence-corrected chi connectivity index (χ3v) is 5.87. The molecule has 0 spiro atoms. The molecule has 7 heteroatoms. The van der Waals surface area contributed by atoms with E-state index in [1.54, 1.807) is 6.20 Å². The van der Waals surface area contributed by atoms with Gasteiger partial charge in [0.05, 0.1) is 12.2 Å². The lowest BCUT2D eigenvalue weighted by Gasteiger charge is -2.37. The summed E-state index contributed by atoms with van der Waals surface area (Å²) >= 11 is 0. The van der Waals surface area contributed by atoms with E-state index in [0.29, 0.717) is 31.8 Å². The van der Waals surface area contributed by atoms with Gasteiger partial charge in [-0.2, -0.15) is 0 Å². The molecule has 3 fully saturated rings. The molecule has 2 bridgehead atoms. The van der Waals surface area contributed by atoms with Crippen molar-refractivity contribution >= 4 is 11.8 Å². The van der Waals surface area contributed by atoms with Gasteiger partial charge in [0.15, 0.2) is 0 Å². The van der Waals surface area contributed by atoms with E-state index in [4.69, 9.17) is 4.74 Å². The quantitative estimate of drug-likeness (QED) is 0.900. The van der Waals surface area contributed by atoms with E-state index in [-0.39, 0.29) is 11.4 Å². The van der Waals surface area contributed by atoms with E-state index < -0.39 is 0 Å². The molecule has 0 aliphatic carbocycles. The van der Waals surface area contributed by atoms with Gasteiger partial charge in [-0.25, -0.2) is 14.8 Å². The van der Waals surface area contributed by atoms with Crippen LogP contribution in [-0.4, -0.2) is 65.8 Å². The van der Waals surface area contributed by atoms with Gasteiger partial charge in [0, 0.05) is 44.3 Å². The first-order valence-corrected chi connectivity index (χ1v) is 9.26. The molecule has 3 saturated heterocycles. The van der Waals surface area contributed by atoms with E-state index in [0.717, 1.165) is 37.6 Å². The molecule has 1 aromatic heterocycles. The van der Waals surface area contributed by atoms with Gasteiger partial charge in [0.2, 0.25) is 0 Å². The second-order valence-electron chi connectivity index (χ2n) is 7.78. The van der Waals surface area contributed by atoms with E-state index in [2.05, 4.69) is 27.1 Å². The molecule has 0 radical (unpaired) electrons. The number of ether oxygens (including phenoxy) is 1. The molecule has 0 unspecified atom stereocenters. The first-order chi connectivity index (χ1) is 12.0. The smallest absolute Gasteiger partial charge is 0.317 e. The maximum absolute atomic E-state index is 12.5. The fourth-order valence-electron chi connectivity index (χ4n) is 4.35. The minimum Gasteiger partial charge on any atom is -0.374 e. The molecule has 4 heterocycles.